The topological polar surface area (TPSA) is 64.0 Å². The van der Waals surface area contributed by atoms with Gasteiger partial charge in [-0.2, -0.15) is 13.2 Å². The molecule has 170 valence electrons. The van der Waals surface area contributed by atoms with E-state index in [-0.39, 0.29) is 37.3 Å². The molecular formula is C23H24F3N3O2S. The lowest BCUT2D eigenvalue weighted by molar-refractivity contribution is -0.184. The minimum atomic E-state index is -4.23. The van der Waals surface area contributed by atoms with Crippen molar-refractivity contribution >= 4 is 27.5 Å². The maximum atomic E-state index is 13.1. The fraction of sp³-hybridized carbons (Fsp3) is 0.435. The summed E-state index contributed by atoms with van der Waals surface area (Å²) in [7, 11) is 0. The van der Waals surface area contributed by atoms with E-state index in [4.69, 9.17) is 0 Å². The van der Waals surface area contributed by atoms with Crippen molar-refractivity contribution < 1.29 is 18.0 Å². The van der Waals surface area contributed by atoms with Crippen LogP contribution in [0, 0.1) is 12.8 Å². The largest absolute Gasteiger partial charge is 0.391 e. The number of carbonyl (C=O) groups excluding carboxylic acids is 1. The first-order chi connectivity index (χ1) is 15.2. The first kappa shape index (κ1) is 22.5. The molecule has 4 rings (SSSR count). The van der Waals surface area contributed by atoms with Gasteiger partial charge in [-0.15, -0.1) is 11.3 Å². The van der Waals surface area contributed by atoms with Crippen LogP contribution < -0.4 is 10.9 Å². The van der Waals surface area contributed by atoms with Crippen molar-refractivity contribution in [3.63, 3.8) is 0 Å². The fourth-order valence-corrected chi connectivity index (χ4v) is 5.12. The minimum Gasteiger partial charge on any atom is -0.353 e. The van der Waals surface area contributed by atoms with Crippen LogP contribution in [-0.2, 0) is 11.3 Å². The lowest BCUT2D eigenvalue weighted by Gasteiger charge is -2.31. The van der Waals surface area contributed by atoms with Gasteiger partial charge in [0.25, 0.3) is 5.56 Å². The third kappa shape index (κ3) is 4.87. The fourth-order valence-electron chi connectivity index (χ4n) is 4.21. The number of nitrogens with zero attached hydrogens (tertiary/aromatic N) is 2. The summed E-state index contributed by atoms with van der Waals surface area (Å²) in [6, 6.07) is 7.39. The highest BCUT2D eigenvalue weighted by molar-refractivity contribution is 7.17. The van der Waals surface area contributed by atoms with Crippen LogP contribution in [0.3, 0.4) is 0 Å². The van der Waals surface area contributed by atoms with Gasteiger partial charge in [0.2, 0.25) is 5.91 Å². The zero-order valence-electron chi connectivity index (χ0n) is 17.6. The molecule has 9 heteroatoms. The van der Waals surface area contributed by atoms with Crippen molar-refractivity contribution in [1.29, 1.82) is 0 Å². The highest BCUT2D eigenvalue weighted by Gasteiger charge is 2.42. The van der Waals surface area contributed by atoms with E-state index in [1.807, 2.05) is 36.6 Å². The Labute approximate surface area is 187 Å². The summed E-state index contributed by atoms with van der Waals surface area (Å²) in [5, 5.41) is 5.13. The van der Waals surface area contributed by atoms with E-state index in [0.29, 0.717) is 23.1 Å². The lowest BCUT2D eigenvalue weighted by atomic mass is 9.85. The summed E-state index contributed by atoms with van der Waals surface area (Å²) in [6.45, 7) is 2.11. The average Bonchev–Trinajstić information content (AvgIpc) is 3.18. The van der Waals surface area contributed by atoms with Crippen molar-refractivity contribution in [2.75, 3.05) is 0 Å². The number of nitrogens with one attached hydrogen (secondary N) is 1. The molecule has 0 spiro atoms. The van der Waals surface area contributed by atoms with E-state index in [1.54, 1.807) is 0 Å². The number of carbonyl (C=O) groups is 1. The summed E-state index contributed by atoms with van der Waals surface area (Å²) in [5.74, 6) is -1.72. The molecule has 2 aromatic heterocycles. The predicted molar refractivity (Wildman–Crippen MR) is 119 cm³/mol. The Morgan fingerprint density at radius 2 is 2.00 bits per heavy atom. The third-order valence-electron chi connectivity index (χ3n) is 6.01. The minimum absolute atomic E-state index is 0.00425. The quantitative estimate of drug-likeness (QED) is 0.575. The zero-order chi connectivity index (χ0) is 22.9. The SMILES string of the molecule is Cc1ccc(-c2csc3ncn(CCC(=O)NC4CCCC(C(F)(F)F)C4)c(=O)c23)cc1. The summed E-state index contributed by atoms with van der Waals surface area (Å²) in [6.07, 6.45) is -1.79. The van der Waals surface area contributed by atoms with Gasteiger partial charge in [-0.25, -0.2) is 4.98 Å². The first-order valence-corrected chi connectivity index (χ1v) is 11.5. The number of alkyl halides is 3. The molecule has 1 aliphatic carbocycles. The molecule has 2 heterocycles. The second-order valence-electron chi connectivity index (χ2n) is 8.36. The molecular weight excluding hydrogens is 439 g/mol. The first-order valence-electron chi connectivity index (χ1n) is 10.6. The van der Waals surface area contributed by atoms with Crippen molar-refractivity contribution in [3.05, 3.63) is 51.9 Å². The van der Waals surface area contributed by atoms with E-state index in [1.165, 1.54) is 22.2 Å². The molecule has 1 N–H and O–H groups in total. The van der Waals surface area contributed by atoms with Gasteiger partial charge in [-0.1, -0.05) is 36.2 Å². The molecule has 1 amide bonds. The van der Waals surface area contributed by atoms with Crippen molar-refractivity contribution in [1.82, 2.24) is 14.9 Å². The number of aryl methyl sites for hydroxylation is 2. The monoisotopic (exact) mass is 463 g/mol. The van der Waals surface area contributed by atoms with Crippen LogP contribution >= 0.6 is 11.3 Å². The van der Waals surface area contributed by atoms with Crippen LogP contribution in [0.1, 0.15) is 37.7 Å². The van der Waals surface area contributed by atoms with Crippen molar-refractivity contribution in [2.24, 2.45) is 5.92 Å². The summed E-state index contributed by atoms with van der Waals surface area (Å²) < 4.78 is 40.3. The highest BCUT2D eigenvalue weighted by atomic mass is 32.1. The number of rotatable bonds is 5. The van der Waals surface area contributed by atoms with Gasteiger partial charge in [0.15, 0.2) is 0 Å². The summed E-state index contributed by atoms with van der Waals surface area (Å²) in [5.41, 5.74) is 2.62. The van der Waals surface area contributed by atoms with Crippen LogP contribution in [0.15, 0.2) is 40.8 Å². The average molecular weight is 464 g/mol. The second kappa shape index (κ2) is 9.05. The third-order valence-corrected chi connectivity index (χ3v) is 6.89. The second-order valence-corrected chi connectivity index (χ2v) is 9.22. The van der Waals surface area contributed by atoms with Crippen LogP contribution in [-0.4, -0.2) is 27.7 Å². The summed E-state index contributed by atoms with van der Waals surface area (Å²) in [4.78, 5) is 30.4. The number of aromatic nitrogens is 2. The smallest absolute Gasteiger partial charge is 0.353 e. The van der Waals surface area contributed by atoms with Gasteiger partial charge in [-0.05, 0) is 31.7 Å². The van der Waals surface area contributed by atoms with Gasteiger partial charge in [0.05, 0.1) is 17.6 Å². The molecule has 32 heavy (non-hydrogen) atoms. The molecule has 2 atom stereocenters. The number of fused-ring (bicyclic) bond motifs is 1. The van der Waals surface area contributed by atoms with Gasteiger partial charge >= 0.3 is 6.18 Å². The summed E-state index contributed by atoms with van der Waals surface area (Å²) >= 11 is 1.39. The Hall–Kier alpha value is -2.68. The number of thiophene rings is 1. The number of hydrogen-bond acceptors (Lipinski definition) is 4. The number of benzene rings is 1. The Balaban J connectivity index is 1.45. The molecule has 0 aliphatic heterocycles. The molecule has 1 aliphatic rings. The van der Waals surface area contributed by atoms with Gasteiger partial charge < -0.3 is 5.32 Å². The molecule has 3 aromatic rings. The molecule has 1 aromatic carbocycles. The highest BCUT2D eigenvalue weighted by Crippen LogP contribution is 2.37. The standard InChI is InChI=1S/C23H24F3N3O2S/c1-14-5-7-15(8-6-14)18-12-32-21-20(18)22(31)29(13-27-21)10-9-19(30)28-17-4-2-3-16(11-17)23(24,25)26/h5-8,12-13,16-17H,2-4,9-11H2,1H3,(H,28,30). The zero-order valence-corrected chi connectivity index (χ0v) is 18.4. The molecule has 1 saturated carbocycles. The van der Waals surface area contributed by atoms with Crippen LogP contribution in [0.4, 0.5) is 13.2 Å². The maximum absolute atomic E-state index is 13.1. The van der Waals surface area contributed by atoms with E-state index in [0.717, 1.165) is 16.7 Å². The maximum Gasteiger partial charge on any atom is 0.391 e. The van der Waals surface area contributed by atoms with E-state index < -0.39 is 18.1 Å². The number of halogens is 3. The Kier molecular flexibility index (Phi) is 6.37. The van der Waals surface area contributed by atoms with Crippen molar-refractivity contribution in [3.8, 4) is 11.1 Å². The molecule has 0 saturated heterocycles. The van der Waals surface area contributed by atoms with Gasteiger partial charge in [0.1, 0.15) is 4.83 Å². The Bertz CT molecular complexity index is 1170. The normalized spacial score (nSPS) is 19.2. The molecule has 1 fully saturated rings. The predicted octanol–water partition coefficient (Wildman–Crippen LogP) is 5.06. The van der Waals surface area contributed by atoms with Gasteiger partial charge in [-0.3, -0.25) is 14.2 Å². The van der Waals surface area contributed by atoms with E-state index >= 15 is 0 Å². The molecule has 0 bridgehead atoms. The molecule has 5 nitrogen and oxygen atoms in total. The van der Waals surface area contributed by atoms with Gasteiger partial charge in [0, 0.05) is 30.0 Å². The van der Waals surface area contributed by atoms with Crippen LogP contribution in [0.2, 0.25) is 0 Å². The van der Waals surface area contributed by atoms with Crippen LogP contribution in [0.25, 0.3) is 21.3 Å². The number of hydrogen-bond donors (Lipinski definition) is 1. The Morgan fingerprint density at radius 1 is 1.25 bits per heavy atom. The van der Waals surface area contributed by atoms with E-state index in [9.17, 15) is 22.8 Å². The van der Waals surface area contributed by atoms with E-state index in [2.05, 4.69) is 10.3 Å². The molecule has 2 unspecified atom stereocenters. The Morgan fingerprint density at radius 3 is 2.72 bits per heavy atom. The van der Waals surface area contributed by atoms with Crippen LogP contribution in [0.5, 0.6) is 0 Å². The lowest BCUT2D eigenvalue weighted by Crippen LogP contribution is -2.42. The number of amides is 1. The molecule has 0 radical (unpaired) electrons. The van der Waals surface area contributed by atoms with Crippen molar-refractivity contribution in [2.45, 2.75) is 57.8 Å².